The first-order valence-electron chi connectivity index (χ1n) is 6.59. The van der Waals surface area contributed by atoms with E-state index in [1.165, 1.54) is 13.0 Å². The average molecular weight is 269 g/mol. The van der Waals surface area contributed by atoms with Gasteiger partial charge in [0.25, 0.3) is 0 Å². The molecular weight excluding hydrogens is 251 g/mol. The van der Waals surface area contributed by atoms with E-state index < -0.39 is 0 Å². The van der Waals surface area contributed by atoms with Crippen LogP contribution < -0.4 is 5.32 Å². The topological polar surface area (TPSA) is 15.3 Å². The summed E-state index contributed by atoms with van der Waals surface area (Å²) in [5.41, 5.74) is 1.02. The summed E-state index contributed by atoms with van der Waals surface area (Å²) in [6, 6.07) is 5.13. The second kappa shape index (κ2) is 5.16. The fourth-order valence-corrected chi connectivity index (χ4v) is 3.27. The normalized spacial score (nSPS) is 28.3. The van der Waals surface area contributed by atoms with Crippen molar-refractivity contribution in [3.05, 3.63) is 34.6 Å². The van der Waals surface area contributed by atoms with Crippen LogP contribution in [-0.4, -0.2) is 31.1 Å². The summed E-state index contributed by atoms with van der Waals surface area (Å²) in [6.45, 7) is 5.39. The van der Waals surface area contributed by atoms with E-state index in [1.807, 2.05) is 6.07 Å². The van der Waals surface area contributed by atoms with Crippen molar-refractivity contribution in [3.8, 4) is 0 Å². The summed E-state index contributed by atoms with van der Waals surface area (Å²) < 4.78 is 13.4. The molecule has 2 aliphatic rings. The molecule has 0 spiro atoms. The molecule has 2 saturated heterocycles. The van der Waals surface area contributed by atoms with Gasteiger partial charge in [-0.3, -0.25) is 4.90 Å². The van der Waals surface area contributed by atoms with Gasteiger partial charge in [0.05, 0.1) is 5.02 Å². The van der Waals surface area contributed by atoms with Crippen LogP contribution in [0.5, 0.6) is 0 Å². The zero-order valence-corrected chi connectivity index (χ0v) is 11.1. The standard InChI is InChI=1S/C14H18ClFN2/c15-13-2-1-10(5-14(13)16)8-18-4-3-11-6-17-7-12(11)9-18/h1-2,5,11-12,17H,3-4,6-9H2. The number of likely N-dealkylation sites (tertiary alicyclic amines) is 1. The van der Waals surface area contributed by atoms with Crippen LogP contribution in [0.15, 0.2) is 18.2 Å². The van der Waals surface area contributed by atoms with Crippen molar-refractivity contribution in [2.24, 2.45) is 11.8 Å². The summed E-state index contributed by atoms with van der Waals surface area (Å²) in [4.78, 5) is 2.43. The molecule has 0 amide bonds. The molecule has 2 heterocycles. The zero-order chi connectivity index (χ0) is 12.5. The van der Waals surface area contributed by atoms with Crippen molar-refractivity contribution in [2.45, 2.75) is 13.0 Å². The predicted molar refractivity (Wildman–Crippen MR) is 71.2 cm³/mol. The number of nitrogens with zero attached hydrogens (tertiary/aromatic N) is 1. The highest BCUT2D eigenvalue weighted by atomic mass is 35.5. The Balaban J connectivity index is 1.64. The first-order chi connectivity index (χ1) is 8.72. The smallest absolute Gasteiger partial charge is 0.142 e. The van der Waals surface area contributed by atoms with E-state index in [4.69, 9.17) is 11.6 Å². The second-order valence-electron chi connectivity index (χ2n) is 5.45. The lowest BCUT2D eigenvalue weighted by Crippen LogP contribution is -2.39. The highest BCUT2D eigenvalue weighted by molar-refractivity contribution is 6.30. The van der Waals surface area contributed by atoms with E-state index >= 15 is 0 Å². The van der Waals surface area contributed by atoms with E-state index in [2.05, 4.69) is 10.2 Å². The molecule has 98 valence electrons. The number of benzene rings is 1. The molecule has 0 aliphatic carbocycles. The highest BCUT2D eigenvalue weighted by Crippen LogP contribution is 2.27. The van der Waals surface area contributed by atoms with Gasteiger partial charge in [0, 0.05) is 13.1 Å². The molecule has 1 aromatic carbocycles. The van der Waals surface area contributed by atoms with Gasteiger partial charge in [0.15, 0.2) is 0 Å². The van der Waals surface area contributed by atoms with Crippen molar-refractivity contribution in [2.75, 3.05) is 26.2 Å². The molecule has 0 bridgehead atoms. The molecule has 1 N–H and O–H groups in total. The number of nitrogens with one attached hydrogen (secondary N) is 1. The van der Waals surface area contributed by atoms with E-state index in [9.17, 15) is 4.39 Å². The zero-order valence-electron chi connectivity index (χ0n) is 10.3. The number of halogens is 2. The van der Waals surface area contributed by atoms with Gasteiger partial charge < -0.3 is 5.32 Å². The van der Waals surface area contributed by atoms with Crippen LogP contribution >= 0.6 is 11.6 Å². The minimum Gasteiger partial charge on any atom is -0.316 e. The summed E-state index contributed by atoms with van der Waals surface area (Å²) in [6.07, 6.45) is 1.26. The van der Waals surface area contributed by atoms with E-state index in [0.717, 1.165) is 43.6 Å². The van der Waals surface area contributed by atoms with Gasteiger partial charge in [-0.2, -0.15) is 0 Å². The maximum Gasteiger partial charge on any atom is 0.142 e. The SMILES string of the molecule is Fc1cc(CN2CCC3CNCC3C2)ccc1Cl. The third-order valence-corrected chi connectivity index (χ3v) is 4.49. The monoisotopic (exact) mass is 268 g/mol. The summed E-state index contributed by atoms with van der Waals surface area (Å²) in [5.74, 6) is 1.31. The molecule has 4 heteroatoms. The van der Waals surface area contributed by atoms with Crippen LogP contribution in [0, 0.1) is 17.7 Å². The maximum atomic E-state index is 13.4. The molecule has 1 aromatic rings. The van der Waals surface area contributed by atoms with E-state index in [-0.39, 0.29) is 10.8 Å². The molecule has 2 atom stereocenters. The Morgan fingerprint density at radius 1 is 1.33 bits per heavy atom. The number of rotatable bonds is 2. The molecule has 2 aliphatic heterocycles. The third-order valence-electron chi connectivity index (χ3n) is 4.18. The van der Waals surface area contributed by atoms with Crippen molar-refractivity contribution in [1.29, 1.82) is 0 Å². The summed E-state index contributed by atoms with van der Waals surface area (Å²) in [7, 11) is 0. The van der Waals surface area contributed by atoms with Gasteiger partial charge in [-0.25, -0.2) is 4.39 Å². The lowest BCUT2D eigenvalue weighted by Gasteiger charge is -2.34. The van der Waals surface area contributed by atoms with Crippen LogP contribution in [0.25, 0.3) is 0 Å². The quantitative estimate of drug-likeness (QED) is 0.887. The largest absolute Gasteiger partial charge is 0.316 e. The molecule has 0 saturated carbocycles. The van der Waals surface area contributed by atoms with E-state index in [0.29, 0.717) is 0 Å². The Morgan fingerprint density at radius 2 is 2.17 bits per heavy atom. The lowest BCUT2D eigenvalue weighted by molar-refractivity contribution is 0.142. The molecule has 18 heavy (non-hydrogen) atoms. The van der Waals surface area contributed by atoms with Gasteiger partial charge >= 0.3 is 0 Å². The molecule has 2 unspecified atom stereocenters. The van der Waals surface area contributed by atoms with Crippen LogP contribution in [-0.2, 0) is 6.54 Å². The molecular formula is C14H18ClFN2. The van der Waals surface area contributed by atoms with Gasteiger partial charge in [-0.15, -0.1) is 0 Å². The van der Waals surface area contributed by atoms with Gasteiger partial charge in [0.2, 0.25) is 0 Å². The van der Waals surface area contributed by atoms with Crippen molar-refractivity contribution in [1.82, 2.24) is 10.2 Å². The molecule has 2 nitrogen and oxygen atoms in total. The Hall–Kier alpha value is -0.640. The highest BCUT2D eigenvalue weighted by Gasteiger charge is 2.32. The second-order valence-corrected chi connectivity index (χ2v) is 5.86. The Labute approximate surface area is 112 Å². The Morgan fingerprint density at radius 3 is 3.00 bits per heavy atom. The first kappa shape index (κ1) is 12.4. The van der Waals surface area contributed by atoms with Crippen molar-refractivity contribution >= 4 is 11.6 Å². The van der Waals surface area contributed by atoms with Gasteiger partial charge in [-0.05, 0) is 55.6 Å². The minimum atomic E-state index is -0.313. The fraction of sp³-hybridized carbons (Fsp3) is 0.571. The number of fused-ring (bicyclic) bond motifs is 1. The molecule has 0 aromatic heterocycles. The minimum absolute atomic E-state index is 0.206. The summed E-state index contributed by atoms with van der Waals surface area (Å²) >= 11 is 5.70. The van der Waals surface area contributed by atoms with Crippen LogP contribution in [0.2, 0.25) is 5.02 Å². The molecule has 2 fully saturated rings. The Bertz CT molecular complexity index is 438. The van der Waals surface area contributed by atoms with Crippen LogP contribution in [0.1, 0.15) is 12.0 Å². The lowest BCUT2D eigenvalue weighted by atomic mass is 9.88. The molecule has 3 rings (SSSR count). The Kier molecular flexibility index (Phi) is 3.55. The van der Waals surface area contributed by atoms with E-state index in [1.54, 1.807) is 12.1 Å². The maximum absolute atomic E-state index is 13.4. The van der Waals surface area contributed by atoms with Crippen molar-refractivity contribution in [3.63, 3.8) is 0 Å². The average Bonchev–Trinajstić information content (AvgIpc) is 2.81. The van der Waals surface area contributed by atoms with Gasteiger partial charge in [-0.1, -0.05) is 17.7 Å². The number of hydrogen-bond donors (Lipinski definition) is 1. The molecule has 0 radical (unpaired) electrons. The van der Waals surface area contributed by atoms with Crippen LogP contribution in [0.4, 0.5) is 4.39 Å². The number of hydrogen-bond acceptors (Lipinski definition) is 2. The fourth-order valence-electron chi connectivity index (χ4n) is 3.15. The van der Waals surface area contributed by atoms with Crippen LogP contribution in [0.3, 0.4) is 0 Å². The number of piperidine rings is 1. The third kappa shape index (κ3) is 2.53. The first-order valence-corrected chi connectivity index (χ1v) is 6.97. The summed E-state index contributed by atoms with van der Waals surface area (Å²) in [5, 5.41) is 3.67. The van der Waals surface area contributed by atoms with Crippen molar-refractivity contribution < 1.29 is 4.39 Å². The predicted octanol–water partition coefficient (Wildman–Crippen LogP) is 2.52. The van der Waals surface area contributed by atoms with Gasteiger partial charge in [0.1, 0.15) is 5.82 Å².